The quantitative estimate of drug-likeness (QED) is 0.800. The number of hydrogen-bond donors (Lipinski definition) is 2. The smallest absolute Gasteiger partial charge is 0.244 e. The molecule has 0 saturated carbocycles. The summed E-state index contributed by atoms with van der Waals surface area (Å²) in [6.07, 6.45) is 2.36. The number of halogens is 2. The Balaban J connectivity index is 0.00000176. The molecule has 5 nitrogen and oxygen atoms in total. The van der Waals surface area contributed by atoms with E-state index < -0.39 is 10.0 Å². The van der Waals surface area contributed by atoms with Crippen molar-refractivity contribution in [3.05, 3.63) is 22.2 Å². The Hall–Kier alpha value is -0.340. The summed E-state index contributed by atoms with van der Waals surface area (Å²) in [7, 11) is -3.56. The fourth-order valence-electron chi connectivity index (χ4n) is 2.96. The predicted octanol–water partition coefficient (Wildman–Crippen LogP) is 2.22. The average molecular weight is 412 g/mol. The van der Waals surface area contributed by atoms with Gasteiger partial charge < -0.3 is 10.1 Å². The van der Waals surface area contributed by atoms with Crippen molar-refractivity contribution in [2.75, 3.05) is 13.2 Å². The molecule has 3 rings (SSSR count). The maximum absolute atomic E-state index is 12.7. The highest BCUT2D eigenvalue weighted by atomic mass is 79.9. The minimum absolute atomic E-state index is 0. The van der Waals surface area contributed by atoms with Crippen molar-refractivity contribution >= 4 is 38.4 Å². The van der Waals surface area contributed by atoms with Gasteiger partial charge in [-0.05, 0) is 38.4 Å². The van der Waals surface area contributed by atoms with Crippen LogP contribution in [0.25, 0.3) is 0 Å². The molecular formula is C14H20BrClN2O3S. The van der Waals surface area contributed by atoms with Gasteiger partial charge in [0.2, 0.25) is 10.0 Å². The third kappa shape index (κ3) is 3.76. The van der Waals surface area contributed by atoms with E-state index in [0.717, 1.165) is 35.8 Å². The Kier molecular flexibility index (Phi) is 5.77. The van der Waals surface area contributed by atoms with Crippen LogP contribution in [-0.2, 0) is 16.4 Å². The highest BCUT2D eigenvalue weighted by Gasteiger charge is 2.29. The van der Waals surface area contributed by atoms with Gasteiger partial charge in [0.25, 0.3) is 0 Å². The standard InChI is InChI=1S/C14H19BrN2O3S.ClH/c1-9-6-12(2-4-16-9)17-21(18,19)13-8-11(15)7-10-3-5-20-14(10)13;/h7-9,12,16-17H,2-6H2,1H3;1H. The van der Waals surface area contributed by atoms with Gasteiger partial charge in [-0.3, -0.25) is 0 Å². The lowest BCUT2D eigenvalue weighted by Gasteiger charge is -2.28. The fraction of sp³-hybridized carbons (Fsp3) is 0.571. The normalized spacial score (nSPS) is 24.3. The van der Waals surface area contributed by atoms with Crippen molar-refractivity contribution in [2.24, 2.45) is 0 Å². The van der Waals surface area contributed by atoms with E-state index in [9.17, 15) is 8.42 Å². The van der Waals surface area contributed by atoms with E-state index in [0.29, 0.717) is 18.4 Å². The zero-order chi connectivity index (χ0) is 15.0. The monoisotopic (exact) mass is 410 g/mol. The van der Waals surface area contributed by atoms with Crippen LogP contribution in [0.2, 0.25) is 0 Å². The molecule has 1 aromatic rings. The number of fused-ring (bicyclic) bond motifs is 1. The van der Waals surface area contributed by atoms with Gasteiger partial charge in [-0.25, -0.2) is 13.1 Å². The van der Waals surface area contributed by atoms with Gasteiger partial charge >= 0.3 is 0 Å². The molecule has 124 valence electrons. The minimum Gasteiger partial charge on any atom is -0.492 e. The van der Waals surface area contributed by atoms with Gasteiger partial charge in [0.1, 0.15) is 10.6 Å². The molecule has 2 N–H and O–H groups in total. The number of benzene rings is 1. The lowest BCUT2D eigenvalue weighted by Crippen LogP contribution is -2.46. The van der Waals surface area contributed by atoms with Gasteiger partial charge in [0, 0.05) is 28.5 Å². The maximum Gasteiger partial charge on any atom is 0.244 e. The second-order valence-corrected chi connectivity index (χ2v) is 8.29. The number of piperidine rings is 1. The summed E-state index contributed by atoms with van der Waals surface area (Å²) in [5.74, 6) is 0.507. The van der Waals surface area contributed by atoms with Gasteiger partial charge in [-0.1, -0.05) is 15.9 Å². The second kappa shape index (κ2) is 7.05. The molecule has 0 aromatic heterocycles. The molecule has 0 aliphatic carbocycles. The highest BCUT2D eigenvalue weighted by molar-refractivity contribution is 9.10. The first-order valence-corrected chi connectivity index (χ1v) is 9.44. The number of sulfonamides is 1. The molecule has 2 heterocycles. The zero-order valence-electron chi connectivity index (χ0n) is 12.3. The Bertz CT molecular complexity index is 654. The van der Waals surface area contributed by atoms with Gasteiger partial charge in [0.15, 0.2) is 0 Å². The molecule has 2 unspecified atom stereocenters. The van der Waals surface area contributed by atoms with Crippen molar-refractivity contribution < 1.29 is 13.2 Å². The molecule has 1 fully saturated rings. The van der Waals surface area contributed by atoms with E-state index in [2.05, 4.69) is 32.9 Å². The summed E-state index contributed by atoms with van der Waals surface area (Å²) in [6, 6.07) is 3.85. The average Bonchev–Trinajstić information content (AvgIpc) is 2.84. The lowest BCUT2D eigenvalue weighted by molar-refractivity contribution is 0.346. The van der Waals surface area contributed by atoms with Crippen LogP contribution < -0.4 is 14.8 Å². The maximum atomic E-state index is 12.7. The van der Waals surface area contributed by atoms with Crippen LogP contribution in [0.5, 0.6) is 5.75 Å². The molecule has 22 heavy (non-hydrogen) atoms. The van der Waals surface area contributed by atoms with Crippen molar-refractivity contribution in [3.8, 4) is 5.75 Å². The molecule has 2 aliphatic rings. The van der Waals surface area contributed by atoms with E-state index >= 15 is 0 Å². The van der Waals surface area contributed by atoms with Crippen LogP contribution >= 0.6 is 28.3 Å². The zero-order valence-corrected chi connectivity index (χ0v) is 15.5. The Morgan fingerprint density at radius 1 is 1.41 bits per heavy atom. The van der Waals surface area contributed by atoms with E-state index in [1.165, 1.54) is 0 Å². The molecule has 1 aromatic carbocycles. The van der Waals surface area contributed by atoms with E-state index in [1.54, 1.807) is 6.07 Å². The first kappa shape index (κ1) is 18.0. The molecule has 0 amide bonds. The largest absolute Gasteiger partial charge is 0.492 e. The molecular weight excluding hydrogens is 392 g/mol. The molecule has 1 saturated heterocycles. The summed E-state index contributed by atoms with van der Waals surface area (Å²) in [5, 5.41) is 3.32. The van der Waals surface area contributed by atoms with Gasteiger partial charge in [-0.15, -0.1) is 12.4 Å². The molecule has 2 atom stereocenters. The van der Waals surface area contributed by atoms with Gasteiger partial charge in [0.05, 0.1) is 6.61 Å². The first-order valence-electron chi connectivity index (χ1n) is 7.16. The first-order chi connectivity index (χ1) is 9.95. The third-order valence-electron chi connectivity index (χ3n) is 3.95. The number of ether oxygens (including phenoxy) is 1. The summed E-state index contributed by atoms with van der Waals surface area (Å²) in [4.78, 5) is 0.246. The summed E-state index contributed by atoms with van der Waals surface area (Å²) < 4.78 is 34.5. The minimum atomic E-state index is -3.56. The SMILES string of the molecule is CC1CC(NS(=O)(=O)c2cc(Br)cc3c2OCC3)CCN1.Cl. The highest BCUT2D eigenvalue weighted by Crippen LogP contribution is 2.36. The topological polar surface area (TPSA) is 67.4 Å². The van der Waals surface area contributed by atoms with Crippen molar-refractivity contribution in [1.29, 1.82) is 0 Å². The van der Waals surface area contributed by atoms with Crippen LogP contribution in [0.3, 0.4) is 0 Å². The van der Waals surface area contributed by atoms with Crippen LogP contribution in [0.1, 0.15) is 25.3 Å². The van der Waals surface area contributed by atoms with E-state index in [1.807, 2.05) is 6.07 Å². The number of hydrogen-bond acceptors (Lipinski definition) is 4. The molecule has 0 spiro atoms. The van der Waals surface area contributed by atoms with Crippen LogP contribution in [0.4, 0.5) is 0 Å². The third-order valence-corrected chi connectivity index (χ3v) is 5.93. The Labute approximate surface area is 145 Å². The number of rotatable bonds is 3. The second-order valence-electron chi connectivity index (χ2n) is 5.69. The summed E-state index contributed by atoms with van der Waals surface area (Å²) in [5.41, 5.74) is 0.948. The predicted molar refractivity (Wildman–Crippen MR) is 91.4 cm³/mol. The van der Waals surface area contributed by atoms with Crippen LogP contribution in [-0.4, -0.2) is 33.7 Å². The Morgan fingerprint density at radius 2 is 2.18 bits per heavy atom. The number of nitrogens with one attached hydrogen (secondary N) is 2. The molecule has 2 aliphatic heterocycles. The van der Waals surface area contributed by atoms with E-state index in [4.69, 9.17) is 4.74 Å². The summed E-state index contributed by atoms with van der Waals surface area (Å²) in [6.45, 7) is 3.44. The van der Waals surface area contributed by atoms with Crippen LogP contribution in [0, 0.1) is 0 Å². The van der Waals surface area contributed by atoms with Crippen LogP contribution in [0.15, 0.2) is 21.5 Å². The van der Waals surface area contributed by atoms with Crippen molar-refractivity contribution in [3.63, 3.8) is 0 Å². The fourth-order valence-corrected chi connectivity index (χ4v) is 5.11. The van der Waals surface area contributed by atoms with E-state index in [-0.39, 0.29) is 23.3 Å². The summed E-state index contributed by atoms with van der Waals surface area (Å²) >= 11 is 3.39. The molecule has 0 radical (unpaired) electrons. The molecule has 8 heteroatoms. The molecule has 0 bridgehead atoms. The lowest BCUT2D eigenvalue weighted by atomic mass is 10.0. The van der Waals surface area contributed by atoms with Crippen molar-refractivity contribution in [2.45, 2.75) is 43.2 Å². The van der Waals surface area contributed by atoms with Gasteiger partial charge in [-0.2, -0.15) is 0 Å². The Morgan fingerprint density at radius 3 is 2.91 bits per heavy atom. The van der Waals surface area contributed by atoms with Crippen molar-refractivity contribution in [1.82, 2.24) is 10.0 Å².